The van der Waals surface area contributed by atoms with Gasteiger partial charge < -0.3 is 10.5 Å². The summed E-state index contributed by atoms with van der Waals surface area (Å²) < 4.78 is 41.0. The molecule has 54 valence electrons. The first-order valence-corrected chi connectivity index (χ1v) is 2.60. The molecular weight excluding hydrogens is 128 g/mol. The molecule has 0 fully saturated rings. The first-order valence-electron chi connectivity index (χ1n) is 5.10. The lowest BCUT2D eigenvalue weighted by atomic mass is 10.3. The van der Waals surface area contributed by atoms with Crippen molar-refractivity contribution in [2.75, 3.05) is 12.8 Å². The van der Waals surface area contributed by atoms with E-state index in [1.165, 1.54) is 7.11 Å². The fraction of sp³-hybridized carbons (Fsp3) is 0.286. The number of methoxy groups -OCH3 is 1. The zero-order chi connectivity index (χ0) is 11.8. The summed E-state index contributed by atoms with van der Waals surface area (Å²) in [6.07, 6.45) is -0.424. The monoisotopic (exact) mass is 143 g/mol. The minimum atomic E-state index is -2.52. The van der Waals surface area contributed by atoms with Crippen molar-refractivity contribution in [3.8, 4) is 5.75 Å². The molecule has 3 nitrogen and oxygen atoms in total. The van der Waals surface area contributed by atoms with Crippen LogP contribution in [0.25, 0.3) is 0 Å². The SMILES string of the molecule is [2H]c1nc(C([2H])([2H])[2H])c(OC)c([2H])c1N. The Morgan fingerprint density at radius 2 is 2.70 bits per heavy atom. The van der Waals surface area contributed by atoms with Gasteiger partial charge in [0.15, 0.2) is 0 Å². The predicted molar refractivity (Wildman–Crippen MR) is 39.9 cm³/mol. The van der Waals surface area contributed by atoms with Crippen molar-refractivity contribution in [1.29, 1.82) is 0 Å². The van der Waals surface area contributed by atoms with E-state index in [-0.39, 0.29) is 17.5 Å². The van der Waals surface area contributed by atoms with Crippen LogP contribution >= 0.6 is 0 Å². The van der Waals surface area contributed by atoms with Gasteiger partial charge in [-0.15, -0.1) is 0 Å². The molecule has 2 N–H and O–H groups in total. The molecule has 0 aliphatic heterocycles. The quantitative estimate of drug-likeness (QED) is 0.637. The van der Waals surface area contributed by atoms with E-state index in [4.69, 9.17) is 17.3 Å². The molecule has 0 aliphatic carbocycles. The number of aryl methyl sites for hydroxylation is 1. The van der Waals surface area contributed by atoms with Gasteiger partial charge in [0.05, 0.1) is 27.4 Å². The van der Waals surface area contributed by atoms with E-state index in [2.05, 4.69) is 4.98 Å². The van der Waals surface area contributed by atoms with Crippen LogP contribution in [0.2, 0.25) is 0 Å². The summed E-state index contributed by atoms with van der Waals surface area (Å²) in [6.45, 7) is -2.52. The van der Waals surface area contributed by atoms with Crippen LogP contribution < -0.4 is 10.5 Å². The molecule has 1 aromatic rings. The molecule has 0 spiro atoms. The van der Waals surface area contributed by atoms with Crippen LogP contribution in [0.15, 0.2) is 12.2 Å². The number of pyridine rings is 1. The molecule has 0 amide bonds. The van der Waals surface area contributed by atoms with Crippen molar-refractivity contribution in [3.63, 3.8) is 0 Å². The fourth-order valence-electron chi connectivity index (χ4n) is 0.524. The summed E-state index contributed by atoms with van der Waals surface area (Å²) in [7, 11) is 1.23. The van der Waals surface area contributed by atoms with Gasteiger partial charge in [-0.25, -0.2) is 0 Å². The van der Waals surface area contributed by atoms with E-state index >= 15 is 0 Å². The maximum Gasteiger partial charge on any atom is 0.142 e. The molecule has 1 heterocycles. The highest BCUT2D eigenvalue weighted by Gasteiger charge is 1.97. The van der Waals surface area contributed by atoms with Crippen LogP contribution in [-0.2, 0) is 0 Å². The number of nitrogen functional groups attached to an aromatic ring is 1. The third-order valence-electron chi connectivity index (χ3n) is 0.956. The van der Waals surface area contributed by atoms with Crippen LogP contribution in [0.5, 0.6) is 5.75 Å². The third-order valence-corrected chi connectivity index (χ3v) is 0.956. The van der Waals surface area contributed by atoms with Gasteiger partial charge in [0.25, 0.3) is 0 Å². The first-order chi connectivity index (χ1) is 6.79. The Balaban J connectivity index is 3.53. The Morgan fingerprint density at radius 3 is 3.30 bits per heavy atom. The van der Waals surface area contributed by atoms with E-state index < -0.39 is 18.7 Å². The van der Waals surface area contributed by atoms with Crippen molar-refractivity contribution < 1.29 is 11.6 Å². The summed E-state index contributed by atoms with van der Waals surface area (Å²) in [5.74, 6) is -0.205. The van der Waals surface area contributed by atoms with E-state index in [1.807, 2.05) is 0 Å². The highest BCUT2D eigenvalue weighted by Crippen LogP contribution is 2.16. The molecule has 1 aromatic heterocycles. The number of nitrogens with two attached hydrogens (primary N) is 1. The van der Waals surface area contributed by atoms with Gasteiger partial charge in [0, 0.05) is 10.2 Å². The average Bonchev–Trinajstić information content (AvgIpc) is 2.12. The van der Waals surface area contributed by atoms with Crippen molar-refractivity contribution in [2.24, 2.45) is 0 Å². The summed E-state index contributed by atoms with van der Waals surface area (Å²) in [5.41, 5.74) is 4.77. The minimum Gasteiger partial charge on any atom is -0.495 e. The van der Waals surface area contributed by atoms with Gasteiger partial charge in [0.1, 0.15) is 5.75 Å². The lowest BCUT2D eigenvalue weighted by Gasteiger charge is -2.02. The Kier molecular flexibility index (Phi) is 0.711. The van der Waals surface area contributed by atoms with Crippen molar-refractivity contribution in [2.45, 2.75) is 6.85 Å². The molecule has 0 saturated heterocycles. The van der Waals surface area contributed by atoms with E-state index in [9.17, 15) is 0 Å². The molecular formula is C7H10N2O. The summed E-state index contributed by atoms with van der Waals surface area (Å²) in [4.78, 5) is 3.51. The molecule has 0 radical (unpaired) electrons. The van der Waals surface area contributed by atoms with Gasteiger partial charge in [0.2, 0.25) is 0 Å². The normalized spacial score (nSPS) is 17.9. The highest BCUT2D eigenvalue weighted by molar-refractivity contribution is 5.43. The first kappa shape index (κ1) is 2.78. The largest absolute Gasteiger partial charge is 0.495 e. The zero-order valence-electron chi connectivity index (χ0n) is 10.4. The lowest BCUT2D eigenvalue weighted by Crippen LogP contribution is -1.93. The summed E-state index contributed by atoms with van der Waals surface area (Å²) in [6, 6.07) is -0.316. The van der Waals surface area contributed by atoms with Crippen LogP contribution in [0.4, 0.5) is 5.69 Å². The van der Waals surface area contributed by atoms with Gasteiger partial charge in [-0.05, 0) is 6.85 Å². The van der Waals surface area contributed by atoms with E-state index in [1.54, 1.807) is 0 Å². The van der Waals surface area contributed by atoms with Gasteiger partial charge in [-0.2, -0.15) is 0 Å². The van der Waals surface area contributed by atoms with E-state index in [0.717, 1.165) is 0 Å². The van der Waals surface area contributed by atoms with Crippen LogP contribution in [0, 0.1) is 6.85 Å². The van der Waals surface area contributed by atoms with Crippen molar-refractivity contribution >= 4 is 5.69 Å². The standard InChI is InChI=1S/C7H10N2O/c1-5-7(10-2)3-6(8)4-9-5/h3-4H,8H2,1-2H3/i1D3,3D,4D. The number of rotatable bonds is 1. The lowest BCUT2D eigenvalue weighted by molar-refractivity contribution is 0.409. The summed E-state index contributed by atoms with van der Waals surface area (Å²) >= 11 is 0. The number of aromatic nitrogens is 1. The molecule has 10 heavy (non-hydrogen) atoms. The maximum atomic E-state index is 7.50. The van der Waals surface area contributed by atoms with Gasteiger partial charge >= 0.3 is 0 Å². The number of anilines is 1. The Morgan fingerprint density at radius 1 is 1.90 bits per heavy atom. The molecule has 3 heteroatoms. The molecule has 0 aromatic carbocycles. The van der Waals surface area contributed by atoms with Gasteiger partial charge in [-0.3, -0.25) is 4.98 Å². The maximum absolute atomic E-state index is 7.50. The van der Waals surface area contributed by atoms with Crippen molar-refractivity contribution in [3.05, 3.63) is 17.9 Å². The second kappa shape index (κ2) is 2.56. The van der Waals surface area contributed by atoms with Gasteiger partial charge in [-0.1, -0.05) is 0 Å². The minimum absolute atomic E-state index is 0.195. The molecule has 0 bridgehead atoms. The van der Waals surface area contributed by atoms with Crippen LogP contribution in [0.3, 0.4) is 0 Å². The molecule has 0 atom stereocenters. The molecule has 1 rings (SSSR count). The number of ether oxygens (including phenoxy) is 1. The molecule has 0 saturated carbocycles. The summed E-state index contributed by atoms with van der Waals surface area (Å²) in [5, 5.41) is 0. The fourth-order valence-corrected chi connectivity index (χ4v) is 0.524. The Bertz CT molecular complexity index is 390. The molecule has 0 aliphatic rings. The zero-order valence-corrected chi connectivity index (χ0v) is 5.43. The second-order valence-electron chi connectivity index (χ2n) is 1.64. The number of hydrogen-bond donors (Lipinski definition) is 1. The van der Waals surface area contributed by atoms with Crippen molar-refractivity contribution in [1.82, 2.24) is 4.98 Å². The third kappa shape index (κ3) is 1.18. The second-order valence-corrected chi connectivity index (χ2v) is 1.64. The van der Waals surface area contributed by atoms with Crippen LogP contribution in [0.1, 0.15) is 12.5 Å². The number of nitrogens with zero attached hydrogens (tertiary/aromatic N) is 1. The smallest absolute Gasteiger partial charge is 0.142 e. The Hall–Kier alpha value is -1.25. The topological polar surface area (TPSA) is 48.1 Å². The average molecular weight is 143 g/mol. The predicted octanol–water partition coefficient (Wildman–Crippen LogP) is 0.981. The Labute approximate surface area is 66.9 Å². The molecule has 0 unspecified atom stereocenters. The number of hydrogen-bond acceptors (Lipinski definition) is 3. The van der Waals surface area contributed by atoms with Crippen LogP contribution in [-0.4, -0.2) is 12.1 Å². The highest BCUT2D eigenvalue weighted by atomic mass is 16.5. The van der Waals surface area contributed by atoms with E-state index in [0.29, 0.717) is 0 Å².